The Labute approximate surface area is 118 Å². The first kappa shape index (κ1) is 14.5. The molecule has 1 unspecified atom stereocenters. The molecule has 1 aliphatic rings. The molecule has 0 amide bonds. The van der Waals surface area contributed by atoms with Gasteiger partial charge < -0.3 is 9.74 Å². The fraction of sp³-hybridized carbons (Fsp3) is 0.500. The third-order valence-electron chi connectivity index (χ3n) is 3.88. The van der Waals surface area contributed by atoms with E-state index in [1.54, 1.807) is 18.2 Å². The van der Waals surface area contributed by atoms with Crippen molar-refractivity contribution in [3.63, 3.8) is 0 Å². The molecule has 1 aliphatic heterocycles. The van der Waals surface area contributed by atoms with Crippen molar-refractivity contribution < 1.29 is 14.7 Å². The van der Waals surface area contributed by atoms with Crippen molar-refractivity contribution in [3.05, 3.63) is 34.4 Å². The smallest absolute Gasteiger partial charge is 0.314 e. The van der Waals surface area contributed by atoms with Gasteiger partial charge >= 0.3 is 5.69 Å². The van der Waals surface area contributed by atoms with Crippen LogP contribution in [0, 0.1) is 16.0 Å². The Morgan fingerprint density at radius 3 is 2.80 bits per heavy atom. The van der Waals surface area contributed by atoms with Gasteiger partial charge in [0.1, 0.15) is 0 Å². The van der Waals surface area contributed by atoms with E-state index in [1.165, 1.54) is 11.0 Å². The van der Waals surface area contributed by atoms with Crippen LogP contribution in [0.25, 0.3) is 0 Å². The van der Waals surface area contributed by atoms with E-state index >= 15 is 0 Å². The first-order chi connectivity index (χ1) is 9.49. The van der Waals surface area contributed by atoms with Crippen molar-refractivity contribution in [2.45, 2.75) is 26.3 Å². The van der Waals surface area contributed by atoms with Gasteiger partial charge in [-0.25, -0.2) is 0 Å². The van der Waals surface area contributed by atoms with E-state index in [-0.39, 0.29) is 11.4 Å². The summed E-state index contributed by atoms with van der Waals surface area (Å²) in [5, 5.41) is 15.1. The Morgan fingerprint density at radius 1 is 1.40 bits per heavy atom. The molecule has 1 saturated heterocycles. The topological polar surface area (TPSA) is 69.2 Å². The van der Waals surface area contributed by atoms with E-state index in [2.05, 4.69) is 26.1 Å². The molecule has 0 bridgehead atoms. The van der Waals surface area contributed by atoms with Crippen molar-refractivity contribution in [1.29, 1.82) is 0 Å². The van der Waals surface area contributed by atoms with Crippen LogP contribution in [-0.2, 0) is 0 Å². The Bertz CT molecular complexity index is 530. The number of oxime groups is 1. The fourth-order valence-corrected chi connectivity index (χ4v) is 2.41. The number of rotatable bonds is 3. The second kappa shape index (κ2) is 6.00. The molecule has 0 aliphatic carbocycles. The van der Waals surface area contributed by atoms with Gasteiger partial charge in [0.25, 0.3) is 0 Å². The predicted molar refractivity (Wildman–Crippen MR) is 76.2 cm³/mol. The van der Waals surface area contributed by atoms with Gasteiger partial charge in [-0.1, -0.05) is 24.2 Å². The van der Waals surface area contributed by atoms with E-state index in [0.717, 1.165) is 18.7 Å². The minimum atomic E-state index is -0.458. The lowest BCUT2D eigenvalue weighted by atomic mass is 9.93. The third kappa shape index (κ3) is 3.14. The van der Waals surface area contributed by atoms with Crippen LogP contribution < -0.4 is 9.74 Å². The Hall–Kier alpha value is -1.95. The molecular formula is C14H20N3O3+. The lowest BCUT2D eigenvalue weighted by Crippen LogP contribution is -3.14. The number of nitrogens with zero attached hydrogens (tertiary/aromatic N) is 2. The molecule has 0 saturated carbocycles. The van der Waals surface area contributed by atoms with Crippen LogP contribution in [0.1, 0.15) is 20.3 Å². The van der Waals surface area contributed by atoms with Crippen LogP contribution in [0.4, 0.5) is 5.69 Å². The minimum Gasteiger partial charge on any atom is -0.350 e. The number of quaternary nitrogens is 1. The predicted octanol–water partition coefficient (Wildman–Crippen LogP) is 1.27. The second-order valence-electron chi connectivity index (χ2n) is 5.46. The van der Waals surface area contributed by atoms with Crippen LogP contribution >= 0.6 is 0 Å². The van der Waals surface area contributed by atoms with Crippen molar-refractivity contribution in [1.82, 2.24) is 0 Å². The summed E-state index contributed by atoms with van der Waals surface area (Å²) in [6.45, 7) is 5.28. The summed E-state index contributed by atoms with van der Waals surface area (Å²) in [6.07, 6.45) is 0.855. The largest absolute Gasteiger partial charge is 0.350 e. The number of piperidine rings is 1. The molecule has 1 N–H and O–H groups in total. The SMILES string of the molecule is C[C@H]1C[NH+](C)[C@@H](C)C/C1=N\Oc1ccccc1[N+](=O)[O-]. The van der Waals surface area contributed by atoms with Gasteiger partial charge in [0.2, 0.25) is 5.75 Å². The van der Waals surface area contributed by atoms with Crippen LogP contribution in [0.2, 0.25) is 0 Å². The normalized spacial score (nSPS) is 28.4. The number of nitro benzene ring substituents is 1. The van der Waals surface area contributed by atoms with E-state index < -0.39 is 4.92 Å². The summed E-state index contributed by atoms with van der Waals surface area (Å²) >= 11 is 0. The standard InChI is InChI=1S/C14H19N3O3/c1-10-9-16(3)11(2)8-12(10)15-20-14-7-5-4-6-13(14)17(18)19/h4-7,10-11H,8-9H2,1-3H3/p+1/b15-12+/t10-,11-/m0/s1. The summed E-state index contributed by atoms with van der Waals surface area (Å²) in [7, 11) is 2.17. The molecule has 1 fully saturated rings. The average Bonchev–Trinajstić information content (AvgIpc) is 2.41. The molecule has 20 heavy (non-hydrogen) atoms. The number of nitrogens with one attached hydrogen (secondary N) is 1. The Balaban J connectivity index is 2.15. The molecule has 6 nitrogen and oxygen atoms in total. The average molecular weight is 278 g/mol. The third-order valence-corrected chi connectivity index (χ3v) is 3.88. The first-order valence-corrected chi connectivity index (χ1v) is 6.78. The van der Waals surface area contributed by atoms with Gasteiger partial charge in [-0.05, 0) is 13.0 Å². The van der Waals surface area contributed by atoms with E-state index in [0.29, 0.717) is 12.0 Å². The maximum Gasteiger partial charge on any atom is 0.314 e. The molecule has 6 heteroatoms. The molecule has 108 valence electrons. The highest BCUT2D eigenvalue weighted by atomic mass is 16.6. The van der Waals surface area contributed by atoms with Gasteiger partial charge in [-0.15, -0.1) is 0 Å². The lowest BCUT2D eigenvalue weighted by molar-refractivity contribution is -0.908. The monoisotopic (exact) mass is 278 g/mol. The van der Waals surface area contributed by atoms with Crippen LogP contribution in [-0.4, -0.2) is 30.3 Å². The zero-order chi connectivity index (χ0) is 14.7. The Morgan fingerprint density at radius 2 is 2.10 bits per heavy atom. The highest BCUT2D eigenvalue weighted by Crippen LogP contribution is 2.26. The fourth-order valence-electron chi connectivity index (χ4n) is 2.41. The molecule has 2 rings (SSSR count). The van der Waals surface area contributed by atoms with Gasteiger partial charge in [0.05, 0.1) is 30.3 Å². The zero-order valence-electron chi connectivity index (χ0n) is 12.0. The number of likely N-dealkylation sites (tertiary alicyclic amines) is 1. The number of hydrogen-bond donors (Lipinski definition) is 1. The summed E-state index contributed by atoms with van der Waals surface area (Å²) in [5.41, 5.74) is 0.914. The van der Waals surface area contributed by atoms with Crippen LogP contribution in [0.5, 0.6) is 5.75 Å². The van der Waals surface area contributed by atoms with Crippen LogP contribution in [0.15, 0.2) is 29.4 Å². The molecule has 1 heterocycles. The molecule has 0 aromatic heterocycles. The van der Waals surface area contributed by atoms with E-state index in [4.69, 9.17) is 4.84 Å². The maximum atomic E-state index is 10.9. The summed E-state index contributed by atoms with van der Waals surface area (Å²) in [5.74, 6) is 0.519. The number of nitro groups is 1. The number of hydrogen-bond acceptors (Lipinski definition) is 4. The maximum absolute atomic E-state index is 10.9. The second-order valence-corrected chi connectivity index (χ2v) is 5.46. The van der Waals surface area contributed by atoms with Crippen molar-refractivity contribution in [2.75, 3.05) is 13.6 Å². The molecule has 0 radical (unpaired) electrons. The van der Waals surface area contributed by atoms with Crippen molar-refractivity contribution in [2.24, 2.45) is 11.1 Å². The quantitative estimate of drug-likeness (QED) is 0.668. The highest BCUT2D eigenvalue weighted by molar-refractivity contribution is 5.87. The van der Waals surface area contributed by atoms with Gasteiger partial charge in [-0.3, -0.25) is 10.1 Å². The molecule has 0 spiro atoms. The Kier molecular flexibility index (Phi) is 4.34. The molecule has 1 aromatic carbocycles. The lowest BCUT2D eigenvalue weighted by Gasteiger charge is -2.31. The number of para-hydroxylation sites is 2. The summed E-state index contributed by atoms with van der Waals surface area (Å²) in [6, 6.07) is 6.78. The van der Waals surface area contributed by atoms with E-state index in [9.17, 15) is 10.1 Å². The highest BCUT2D eigenvalue weighted by Gasteiger charge is 2.29. The minimum absolute atomic E-state index is 0.0592. The molecule has 1 aromatic rings. The van der Waals surface area contributed by atoms with Gasteiger partial charge in [0, 0.05) is 18.4 Å². The van der Waals surface area contributed by atoms with E-state index in [1.807, 2.05) is 0 Å². The summed E-state index contributed by atoms with van der Waals surface area (Å²) in [4.78, 5) is 17.3. The summed E-state index contributed by atoms with van der Waals surface area (Å²) < 4.78 is 0. The van der Waals surface area contributed by atoms with Gasteiger partial charge in [0.15, 0.2) is 0 Å². The van der Waals surface area contributed by atoms with Crippen LogP contribution in [0.3, 0.4) is 0 Å². The first-order valence-electron chi connectivity index (χ1n) is 6.78. The molecular weight excluding hydrogens is 258 g/mol. The van der Waals surface area contributed by atoms with Gasteiger partial charge in [-0.2, -0.15) is 0 Å². The zero-order valence-corrected chi connectivity index (χ0v) is 12.0. The van der Waals surface area contributed by atoms with Crippen molar-refractivity contribution >= 4 is 11.4 Å². The number of benzene rings is 1. The molecule has 3 atom stereocenters. The van der Waals surface area contributed by atoms with Crippen molar-refractivity contribution in [3.8, 4) is 5.75 Å².